The molecule has 1 saturated heterocycles. The zero-order chi connectivity index (χ0) is 24.7. The number of hydrogen-bond acceptors (Lipinski definition) is 6. The molecule has 1 aromatic heterocycles. The molecule has 0 saturated carbocycles. The molecule has 0 aliphatic carbocycles. The predicted octanol–water partition coefficient (Wildman–Crippen LogP) is 2.67. The molecule has 0 unspecified atom stereocenters. The van der Waals surface area contributed by atoms with Crippen LogP contribution in [0, 0.1) is 0 Å². The third-order valence-corrected chi connectivity index (χ3v) is 8.42. The molecule has 2 heterocycles. The molecule has 0 bridgehead atoms. The Hall–Kier alpha value is -2.01. The van der Waals surface area contributed by atoms with Crippen molar-refractivity contribution in [3.63, 3.8) is 0 Å². The Morgan fingerprint density at radius 2 is 1.91 bits per heavy atom. The number of amides is 1. The normalized spacial score (nSPS) is 15.3. The zero-order valence-corrected chi connectivity index (χ0v) is 21.6. The van der Waals surface area contributed by atoms with Gasteiger partial charge in [0.1, 0.15) is 5.82 Å². The molecule has 3 rings (SSSR count). The maximum absolute atomic E-state index is 13.1. The van der Waals surface area contributed by atoms with Crippen LogP contribution in [0.15, 0.2) is 23.1 Å². The van der Waals surface area contributed by atoms with E-state index in [0.717, 1.165) is 24.2 Å². The van der Waals surface area contributed by atoms with Gasteiger partial charge in [-0.1, -0.05) is 13.8 Å². The molecule has 0 N–H and O–H groups in total. The minimum atomic E-state index is -3.59. The van der Waals surface area contributed by atoms with Gasteiger partial charge in [0, 0.05) is 52.2 Å². The van der Waals surface area contributed by atoms with Crippen LogP contribution < -0.4 is 0 Å². The summed E-state index contributed by atoms with van der Waals surface area (Å²) in [5, 5.41) is 0. The smallest absolute Gasteiger partial charge is 0.243 e. The molecule has 0 spiro atoms. The van der Waals surface area contributed by atoms with E-state index in [0.29, 0.717) is 64.4 Å². The van der Waals surface area contributed by atoms with Crippen LogP contribution >= 0.6 is 0 Å². The quantitative estimate of drug-likeness (QED) is 0.450. The second kappa shape index (κ2) is 12.1. The number of benzene rings is 1. The Balaban J connectivity index is 1.81. The number of methoxy groups -OCH3 is 1. The largest absolute Gasteiger partial charge is 0.383 e. The van der Waals surface area contributed by atoms with Crippen molar-refractivity contribution in [2.75, 3.05) is 46.6 Å². The van der Waals surface area contributed by atoms with Gasteiger partial charge in [-0.15, -0.1) is 0 Å². The molecule has 2 aromatic rings. The number of hydrogen-bond donors (Lipinski definition) is 0. The highest BCUT2D eigenvalue weighted by molar-refractivity contribution is 7.89. The highest BCUT2D eigenvalue weighted by Gasteiger charge is 2.27. The van der Waals surface area contributed by atoms with E-state index in [-0.39, 0.29) is 16.8 Å². The van der Waals surface area contributed by atoms with Gasteiger partial charge in [0.25, 0.3) is 0 Å². The van der Waals surface area contributed by atoms with E-state index in [9.17, 15) is 13.2 Å². The van der Waals surface area contributed by atoms with Gasteiger partial charge < -0.3 is 18.9 Å². The summed E-state index contributed by atoms with van der Waals surface area (Å²) in [7, 11) is -1.95. The molecule has 1 amide bonds. The Bertz CT molecular complexity index is 1060. The summed E-state index contributed by atoms with van der Waals surface area (Å²) < 4.78 is 40.1. The number of sulfonamides is 1. The fourth-order valence-electron chi connectivity index (χ4n) is 4.59. The van der Waals surface area contributed by atoms with Crippen molar-refractivity contribution in [3.8, 4) is 0 Å². The maximum atomic E-state index is 13.1. The number of rotatable bonds is 12. The molecule has 0 radical (unpaired) electrons. The third kappa shape index (κ3) is 5.79. The number of nitrogens with zero attached hydrogens (tertiary/aromatic N) is 4. The van der Waals surface area contributed by atoms with Crippen LogP contribution in [0.2, 0.25) is 0 Å². The standard InChI is InChI=1S/C24H38N4O5S/c1-5-19(6-2)28(14-15-32-4)24(29)11-10-23-25-21-18-20(8-9-22(21)27(23)7-3)34(30,31)26-12-16-33-17-13-26/h8-9,18-19H,5-7,10-17H2,1-4H3. The first-order valence-corrected chi connectivity index (χ1v) is 13.7. The summed E-state index contributed by atoms with van der Waals surface area (Å²) in [4.78, 5) is 20.0. The number of morpholine rings is 1. The molecule has 1 aromatic carbocycles. The van der Waals surface area contributed by atoms with E-state index < -0.39 is 10.0 Å². The Morgan fingerprint density at radius 3 is 2.53 bits per heavy atom. The fraction of sp³-hybridized carbons (Fsp3) is 0.667. The van der Waals surface area contributed by atoms with E-state index in [4.69, 9.17) is 14.5 Å². The number of aromatic nitrogens is 2. The van der Waals surface area contributed by atoms with E-state index in [1.54, 1.807) is 19.2 Å². The predicted molar refractivity (Wildman–Crippen MR) is 131 cm³/mol. The third-order valence-electron chi connectivity index (χ3n) is 6.53. The second-order valence-corrected chi connectivity index (χ2v) is 10.4. The monoisotopic (exact) mass is 494 g/mol. The lowest BCUT2D eigenvalue weighted by Gasteiger charge is -2.30. The minimum absolute atomic E-state index is 0.0936. The van der Waals surface area contributed by atoms with E-state index in [1.165, 1.54) is 4.31 Å². The van der Waals surface area contributed by atoms with Crippen molar-refractivity contribution >= 4 is 27.0 Å². The summed E-state index contributed by atoms with van der Waals surface area (Å²) in [6, 6.07) is 5.31. The first kappa shape index (κ1) is 26.6. The van der Waals surface area contributed by atoms with Gasteiger partial charge in [-0.3, -0.25) is 4.79 Å². The number of ether oxygens (including phenoxy) is 2. The highest BCUT2D eigenvalue weighted by Crippen LogP contribution is 2.24. The van der Waals surface area contributed by atoms with Crippen LogP contribution in [-0.4, -0.2) is 85.7 Å². The molecule has 9 nitrogen and oxygen atoms in total. The summed E-state index contributed by atoms with van der Waals surface area (Å²) in [5.74, 6) is 0.888. The van der Waals surface area contributed by atoms with E-state index >= 15 is 0 Å². The summed E-state index contributed by atoms with van der Waals surface area (Å²) in [6.07, 6.45) is 2.65. The van der Waals surface area contributed by atoms with Crippen molar-refractivity contribution in [1.29, 1.82) is 0 Å². The van der Waals surface area contributed by atoms with Gasteiger partial charge in [0.15, 0.2) is 0 Å². The van der Waals surface area contributed by atoms with Crippen LogP contribution in [0.3, 0.4) is 0 Å². The molecule has 190 valence electrons. The maximum Gasteiger partial charge on any atom is 0.243 e. The Labute approximate surface area is 203 Å². The average molecular weight is 495 g/mol. The van der Waals surface area contributed by atoms with Crippen LogP contribution in [-0.2, 0) is 37.3 Å². The Kier molecular flexibility index (Phi) is 9.47. The number of carbonyl (C=O) groups is 1. The number of imidazole rings is 1. The van der Waals surface area contributed by atoms with Gasteiger partial charge in [0.05, 0.1) is 35.7 Å². The minimum Gasteiger partial charge on any atom is -0.383 e. The fourth-order valence-corrected chi connectivity index (χ4v) is 6.02. The number of fused-ring (bicyclic) bond motifs is 1. The first-order valence-electron chi connectivity index (χ1n) is 12.2. The van der Waals surface area contributed by atoms with Crippen molar-refractivity contribution in [1.82, 2.24) is 18.8 Å². The van der Waals surface area contributed by atoms with Crippen molar-refractivity contribution in [2.45, 2.75) is 63.9 Å². The first-order chi connectivity index (χ1) is 16.4. The highest BCUT2D eigenvalue weighted by atomic mass is 32.2. The lowest BCUT2D eigenvalue weighted by atomic mass is 10.1. The SMILES string of the molecule is CCC(CC)N(CCOC)C(=O)CCc1nc2cc(S(=O)(=O)N3CCOCC3)ccc2n1CC. The number of carbonyl (C=O) groups excluding carboxylic acids is 1. The molecular formula is C24H38N4O5S. The lowest BCUT2D eigenvalue weighted by Crippen LogP contribution is -2.42. The van der Waals surface area contributed by atoms with Gasteiger partial charge in [-0.05, 0) is 38.0 Å². The zero-order valence-electron chi connectivity index (χ0n) is 20.8. The summed E-state index contributed by atoms with van der Waals surface area (Å²) >= 11 is 0. The van der Waals surface area contributed by atoms with Gasteiger partial charge >= 0.3 is 0 Å². The van der Waals surface area contributed by atoms with Crippen LogP contribution in [0.1, 0.15) is 45.9 Å². The Morgan fingerprint density at radius 1 is 1.21 bits per heavy atom. The van der Waals surface area contributed by atoms with E-state index in [2.05, 4.69) is 18.4 Å². The van der Waals surface area contributed by atoms with Crippen molar-refractivity contribution in [2.24, 2.45) is 0 Å². The topological polar surface area (TPSA) is 94.0 Å². The van der Waals surface area contributed by atoms with Gasteiger partial charge in [-0.25, -0.2) is 13.4 Å². The van der Waals surface area contributed by atoms with Crippen molar-refractivity contribution < 1.29 is 22.7 Å². The van der Waals surface area contributed by atoms with Crippen LogP contribution in [0.25, 0.3) is 11.0 Å². The summed E-state index contributed by atoms with van der Waals surface area (Å²) in [5.41, 5.74) is 1.51. The second-order valence-electron chi connectivity index (χ2n) is 8.49. The van der Waals surface area contributed by atoms with Crippen molar-refractivity contribution in [3.05, 3.63) is 24.0 Å². The van der Waals surface area contributed by atoms with Gasteiger partial charge in [-0.2, -0.15) is 4.31 Å². The van der Waals surface area contributed by atoms with Gasteiger partial charge in [0.2, 0.25) is 15.9 Å². The lowest BCUT2D eigenvalue weighted by molar-refractivity contribution is -0.134. The molecule has 0 atom stereocenters. The molecule has 1 aliphatic heterocycles. The number of aryl methyl sites for hydroxylation is 2. The van der Waals surface area contributed by atoms with E-state index in [1.807, 2.05) is 17.9 Å². The molecule has 1 fully saturated rings. The molecule has 1 aliphatic rings. The summed E-state index contributed by atoms with van der Waals surface area (Å²) in [6.45, 7) is 9.52. The average Bonchev–Trinajstić information content (AvgIpc) is 3.22. The molecular weight excluding hydrogens is 456 g/mol. The molecule has 10 heteroatoms. The van der Waals surface area contributed by atoms with Crippen LogP contribution in [0.5, 0.6) is 0 Å². The molecule has 34 heavy (non-hydrogen) atoms. The van der Waals surface area contributed by atoms with Crippen LogP contribution in [0.4, 0.5) is 0 Å².